The van der Waals surface area contributed by atoms with Gasteiger partial charge in [-0.3, -0.25) is 0 Å². The van der Waals surface area contributed by atoms with Gasteiger partial charge in [0.2, 0.25) is 5.28 Å². The number of benzene rings is 1. The second-order valence-corrected chi connectivity index (χ2v) is 4.54. The van der Waals surface area contributed by atoms with Crippen molar-refractivity contribution in [2.75, 3.05) is 19.0 Å². The maximum absolute atomic E-state index is 5.87. The first-order valence-electron chi connectivity index (χ1n) is 4.38. The molecule has 0 radical (unpaired) electrons. The maximum Gasteiger partial charge on any atom is 0.224 e. The Morgan fingerprint density at radius 2 is 2.00 bits per heavy atom. The van der Waals surface area contributed by atoms with Crippen LogP contribution in [-0.4, -0.2) is 24.1 Å². The van der Waals surface area contributed by atoms with Gasteiger partial charge in [-0.05, 0) is 39.7 Å². The topological polar surface area (TPSA) is 29.0 Å². The molecule has 0 unspecified atom stereocenters. The SMILES string of the molecule is CN(C)c1nc(Cl)nc2c(Br)cccc12. The van der Waals surface area contributed by atoms with Crippen LogP contribution in [0.25, 0.3) is 10.9 Å². The molecule has 1 aromatic heterocycles. The molecule has 0 aliphatic rings. The predicted molar refractivity (Wildman–Crippen MR) is 66.6 cm³/mol. The molecule has 0 saturated carbocycles. The molecule has 0 amide bonds. The van der Waals surface area contributed by atoms with E-state index < -0.39 is 0 Å². The fraction of sp³-hybridized carbons (Fsp3) is 0.200. The molecule has 5 heteroatoms. The van der Waals surface area contributed by atoms with Crippen molar-refractivity contribution in [3.05, 3.63) is 28.0 Å². The number of fused-ring (bicyclic) bond motifs is 1. The molecule has 0 spiro atoms. The lowest BCUT2D eigenvalue weighted by Crippen LogP contribution is -2.11. The zero-order valence-corrected chi connectivity index (χ0v) is 10.7. The molecular weight excluding hydrogens is 277 g/mol. The molecule has 1 aromatic carbocycles. The molecule has 0 atom stereocenters. The second kappa shape index (κ2) is 3.94. The number of para-hydroxylation sites is 1. The van der Waals surface area contributed by atoms with Gasteiger partial charge in [-0.1, -0.05) is 6.07 Å². The van der Waals surface area contributed by atoms with Gasteiger partial charge in [0.25, 0.3) is 0 Å². The summed E-state index contributed by atoms with van der Waals surface area (Å²) < 4.78 is 0.924. The van der Waals surface area contributed by atoms with Crippen molar-refractivity contribution >= 4 is 44.3 Å². The number of hydrogen-bond donors (Lipinski definition) is 0. The Morgan fingerprint density at radius 3 is 2.67 bits per heavy atom. The minimum Gasteiger partial charge on any atom is -0.362 e. The standard InChI is InChI=1S/C10H9BrClN3/c1-15(2)9-6-4-3-5-7(11)8(6)13-10(12)14-9/h3-5H,1-2H3. The Kier molecular flexibility index (Phi) is 2.80. The summed E-state index contributed by atoms with van der Waals surface area (Å²) in [6.07, 6.45) is 0. The lowest BCUT2D eigenvalue weighted by molar-refractivity contribution is 1.06. The first-order valence-corrected chi connectivity index (χ1v) is 5.56. The number of halogens is 2. The van der Waals surface area contributed by atoms with Gasteiger partial charge in [-0.15, -0.1) is 0 Å². The van der Waals surface area contributed by atoms with Gasteiger partial charge in [-0.25, -0.2) is 4.98 Å². The summed E-state index contributed by atoms with van der Waals surface area (Å²) in [5.74, 6) is 0.825. The molecule has 0 N–H and O–H groups in total. The summed E-state index contributed by atoms with van der Waals surface area (Å²) in [6.45, 7) is 0. The Bertz CT molecular complexity index is 513. The molecule has 2 aromatic rings. The van der Waals surface area contributed by atoms with Crippen molar-refractivity contribution in [3.8, 4) is 0 Å². The van der Waals surface area contributed by atoms with Crippen LogP contribution in [0.5, 0.6) is 0 Å². The third kappa shape index (κ3) is 1.92. The number of nitrogens with zero attached hydrogens (tertiary/aromatic N) is 3. The van der Waals surface area contributed by atoms with E-state index >= 15 is 0 Å². The van der Waals surface area contributed by atoms with E-state index in [4.69, 9.17) is 11.6 Å². The number of aromatic nitrogens is 2. The van der Waals surface area contributed by atoms with Crippen molar-refractivity contribution in [2.45, 2.75) is 0 Å². The van der Waals surface area contributed by atoms with Crippen LogP contribution in [-0.2, 0) is 0 Å². The third-order valence-corrected chi connectivity index (χ3v) is 2.86. The lowest BCUT2D eigenvalue weighted by atomic mass is 10.2. The predicted octanol–water partition coefficient (Wildman–Crippen LogP) is 3.11. The molecule has 0 aliphatic heterocycles. The largest absolute Gasteiger partial charge is 0.362 e. The van der Waals surface area contributed by atoms with E-state index in [2.05, 4.69) is 25.9 Å². The quantitative estimate of drug-likeness (QED) is 0.754. The van der Waals surface area contributed by atoms with Gasteiger partial charge < -0.3 is 4.90 Å². The molecule has 0 fully saturated rings. The molecule has 0 aliphatic carbocycles. The summed E-state index contributed by atoms with van der Waals surface area (Å²) >= 11 is 9.32. The zero-order valence-electron chi connectivity index (χ0n) is 8.33. The van der Waals surface area contributed by atoms with Crippen molar-refractivity contribution in [3.63, 3.8) is 0 Å². The summed E-state index contributed by atoms with van der Waals surface area (Å²) in [5, 5.41) is 1.25. The molecule has 3 nitrogen and oxygen atoms in total. The smallest absolute Gasteiger partial charge is 0.224 e. The van der Waals surface area contributed by atoms with E-state index in [0.29, 0.717) is 0 Å². The molecule has 78 valence electrons. The van der Waals surface area contributed by atoms with Gasteiger partial charge in [-0.2, -0.15) is 4.98 Å². The van der Waals surface area contributed by atoms with E-state index in [9.17, 15) is 0 Å². The number of anilines is 1. The normalized spacial score (nSPS) is 10.7. The summed E-state index contributed by atoms with van der Waals surface area (Å²) in [7, 11) is 3.86. The number of hydrogen-bond acceptors (Lipinski definition) is 3. The van der Waals surface area contributed by atoms with Crippen LogP contribution >= 0.6 is 27.5 Å². The first kappa shape index (κ1) is 10.6. The Balaban J connectivity index is 2.86. The maximum atomic E-state index is 5.87. The minimum absolute atomic E-state index is 0.262. The van der Waals surface area contributed by atoms with Crippen LogP contribution in [0.4, 0.5) is 5.82 Å². The summed E-state index contributed by atoms with van der Waals surface area (Å²) in [4.78, 5) is 10.3. The van der Waals surface area contributed by atoms with E-state index in [1.165, 1.54) is 0 Å². The van der Waals surface area contributed by atoms with Crippen LogP contribution in [0.3, 0.4) is 0 Å². The van der Waals surface area contributed by atoms with E-state index in [-0.39, 0.29) is 5.28 Å². The van der Waals surface area contributed by atoms with E-state index in [1.807, 2.05) is 37.2 Å². The third-order valence-electron chi connectivity index (χ3n) is 2.05. The van der Waals surface area contributed by atoms with Crippen LogP contribution in [0.2, 0.25) is 5.28 Å². The van der Waals surface area contributed by atoms with Crippen molar-refractivity contribution in [2.24, 2.45) is 0 Å². The highest BCUT2D eigenvalue weighted by atomic mass is 79.9. The van der Waals surface area contributed by atoms with Gasteiger partial charge in [0.05, 0.1) is 5.52 Å². The Morgan fingerprint density at radius 1 is 1.27 bits per heavy atom. The van der Waals surface area contributed by atoms with Gasteiger partial charge >= 0.3 is 0 Å². The zero-order chi connectivity index (χ0) is 11.0. The van der Waals surface area contributed by atoms with Crippen LogP contribution in [0.15, 0.2) is 22.7 Å². The van der Waals surface area contributed by atoms with E-state index in [1.54, 1.807) is 0 Å². The molecule has 15 heavy (non-hydrogen) atoms. The van der Waals surface area contributed by atoms with Crippen molar-refractivity contribution in [1.29, 1.82) is 0 Å². The Labute approximate surface area is 101 Å². The highest BCUT2D eigenvalue weighted by molar-refractivity contribution is 9.10. The second-order valence-electron chi connectivity index (χ2n) is 3.35. The average Bonchev–Trinajstić information content (AvgIpc) is 2.18. The number of rotatable bonds is 1. The average molecular weight is 287 g/mol. The highest BCUT2D eigenvalue weighted by Crippen LogP contribution is 2.28. The highest BCUT2D eigenvalue weighted by Gasteiger charge is 2.09. The molecule has 0 bridgehead atoms. The Hall–Kier alpha value is -0.870. The summed E-state index contributed by atoms with van der Waals surface area (Å²) in [6, 6.07) is 5.87. The molecule has 2 rings (SSSR count). The van der Waals surface area contributed by atoms with Crippen LogP contribution in [0.1, 0.15) is 0 Å². The molecule has 1 heterocycles. The fourth-order valence-electron chi connectivity index (χ4n) is 1.42. The van der Waals surface area contributed by atoms with Gasteiger partial charge in [0.1, 0.15) is 5.82 Å². The van der Waals surface area contributed by atoms with Crippen LogP contribution < -0.4 is 4.90 Å². The van der Waals surface area contributed by atoms with Crippen molar-refractivity contribution < 1.29 is 0 Å². The summed E-state index contributed by atoms with van der Waals surface area (Å²) in [5.41, 5.74) is 0.834. The fourth-order valence-corrected chi connectivity index (χ4v) is 2.03. The minimum atomic E-state index is 0.262. The molecule has 0 saturated heterocycles. The lowest BCUT2D eigenvalue weighted by Gasteiger charge is -2.14. The van der Waals surface area contributed by atoms with Gasteiger partial charge in [0.15, 0.2) is 0 Å². The first-order chi connectivity index (χ1) is 7.09. The van der Waals surface area contributed by atoms with E-state index in [0.717, 1.165) is 21.2 Å². The van der Waals surface area contributed by atoms with Gasteiger partial charge in [0, 0.05) is 24.0 Å². The van der Waals surface area contributed by atoms with Crippen molar-refractivity contribution in [1.82, 2.24) is 9.97 Å². The monoisotopic (exact) mass is 285 g/mol. The molecular formula is C10H9BrClN3. The van der Waals surface area contributed by atoms with Crippen LogP contribution in [0, 0.1) is 0 Å².